The molecular weight excluding hydrogens is 364 g/mol. The number of hydrogen-bond donors (Lipinski definition) is 1. The van der Waals surface area contributed by atoms with Crippen molar-refractivity contribution in [1.29, 1.82) is 0 Å². The molecule has 0 unspecified atom stereocenters. The van der Waals surface area contributed by atoms with Crippen LogP contribution in [-0.4, -0.2) is 41.9 Å². The van der Waals surface area contributed by atoms with Gasteiger partial charge >= 0.3 is 0 Å². The summed E-state index contributed by atoms with van der Waals surface area (Å²) in [5.74, 6) is 0.872. The largest absolute Gasteiger partial charge is 0.484 e. The molecule has 2 amide bonds. The maximum atomic E-state index is 12.6. The van der Waals surface area contributed by atoms with Crippen LogP contribution in [0.25, 0.3) is 0 Å². The van der Waals surface area contributed by atoms with Gasteiger partial charge in [-0.2, -0.15) is 0 Å². The molecule has 2 aromatic rings. The molecule has 0 aromatic heterocycles. The maximum absolute atomic E-state index is 12.6. The number of carbonyl (C=O) groups excluding carboxylic acids is 2. The van der Waals surface area contributed by atoms with E-state index >= 15 is 0 Å². The summed E-state index contributed by atoms with van der Waals surface area (Å²) in [6, 6.07) is 16.2. The highest BCUT2D eigenvalue weighted by atomic mass is 35.5. The number of fused-ring (bicyclic) bond motifs is 2. The predicted octanol–water partition coefficient (Wildman–Crippen LogP) is 3.14. The highest BCUT2D eigenvalue weighted by Crippen LogP contribution is 2.38. The van der Waals surface area contributed by atoms with Gasteiger partial charge in [-0.05, 0) is 49.1 Å². The number of amides is 2. The Hall–Kier alpha value is -2.53. The fourth-order valence-electron chi connectivity index (χ4n) is 4.09. The predicted molar refractivity (Wildman–Crippen MR) is 103 cm³/mol. The van der Waals surface area contributed by atoms with Crippen molar-refractivity contribution in [2.45, 2.75) is 24.9 Å². The standard InChI is InChI=1S/C21H21ClN2O3/c22-16-7-4-8-17(11-16)27-13-20(25)24-12-14-9-18(19(24)10-14)23-21(26)15-5-2-1-3-6-15/h1-8,11,14,18-19H,9-10,12-13H2,(H,23,26)/t14-,18+,19-/m1/s1. The SMILES string of the molecule is O=C(N[C@H]1C[C@@H]2C[C@H]1N(C(=O)COc1cccc(Cl)c1)C2)c1ccccc1. The third-order valence-corrected chi connectivity index (χ3v) is 5.55. The van der Waals surface area contributed by atoms with Crippen LogP contribution >= 0.6 is 11.6 Å². The lowest BCUT2D eigenvalue weighted by atomic mass is 10.0. The zero-order valence-corrected chi connectivity index (χ0v) is 15.6. The number of hydrogen-bond acceptors (Lipinski definition) is 3. The summed E-state index contributed by atoms with van der Waals surface area (Å²) in [7, 11) is 0. The van der Waals surface area contributed by atoms with Crippen molar-refractivity contribution < 1.29 is 14.3 Å². The van der Waals surface area contributed by atoms with Crippen molar-refractivity contribution in [3.63, 3.8) is 0 Å². The van der Waals surface area contributed by atoms with E-state index in [1.165, 1.54) is 0 Å². The monoisotopic (exact) mass is 384 g/mol. The van der Waals surface area contributed by atoms with E-state index in [9.17, 15) is 9.59 Å². The zero-order chi connectivity index (χ0) is 18.8. The van der Waals surface area contributed by atoms with Crippen LogP contribution in [0.1, 0.15) is 23.2 Å². The van der Waals surface area contributed by atoms with Gasteiger partial charge in [0.2, 0.25) is 0 Å². The Labute approximate surface area is 163 Å². The Balaban J connectivity index is 1.36. The summed E-state index contributed by atoms with van der Waals surface area (Å²) in [5.41, 5.74) is 0.641. The minimum atomic E-state index is -0.0873. The first-order chi connectivity index (χ1) is 13.1. The van der Waals surface area contributed by atoms with Crippen LogP contribution in [0, 0.1) is 5.92 Å². The molecule has 2 aliphatic rings. The number of nitrogens with one attached hydrogen (secondary N) is 1. The first-order valence-electron chi connectivity index (χ1n) is 9.14. The highest BCUT2D eigenvalue weighted by Gasteiger charge is 2.47. The number of rotatable bonds is 5. The smallest absolute Gasteiger partial charge is 0.260 e. The molecule has 1 heterocycles. The van der Waals surface area contributed by atoms with Gasteiger partial charge in [0.25, 0.3) is 11.8 Å². The third-order valence-electron chi connectivity index (χ3n) is 5.31. The van der Waals surface area contributed by atoms with Crippen LogP contribution in [0.3, 0.4) is 0 Å². The molecule has 3 atom stereocenters. The fourth-order valence-corrected chi connectivity index (χ4v) is 4.27. The molecule has 27 heavy (non-hydrogen) atoms. The molecule has 4 rings (SSSR count). The van der Waals surface area contributed by atoms with E-state index in [1.54, 1.807) is 36.4 Å². The van der Waals surface area contributed by atoms with Gasteiger partial charge in [-0.1, -0.05) is 35.9 Å². The molecule has 5 nitrogen and oxygen atoms in total. The molecular formula is C21H21ClN2O3. The Bertz CT molecular complexity index is 842. The number of nitrogens with zero attached hydrogens (tertiary/aromatic N) is 1. The molecule has 0 radical (unpaired) electrons. The molecule has 1 aliphatic heterocycles. The molecule has 1 N–H and O–H groups in total. The Kier molecular flexibility index (Phi) is 5.03. The van der Waals surface area contributed by atoms with Gasteiger partial charge < -0.3 is 15.0 Å². The molecule has 2 aromatic carbocycles. The second-order valence-corrected chi connectivity index (χ2v) is 7.58. The Morgan fingerprint density at radius 2 is 1.93 bits per heavy atom. The number of halogens is 1. The lowest BCUT2D eigenvalue weighted by molar-refractivity contribution is -0.135. The van der Waals surface area contributed by atoms with Gasteiger partial charge in [-0.15, -0.1) is 0 Å². The van der Waals surface area contributed by atoms with Gasteiger partial charge in [0.15, 0.2) is 6.61 Å². The number of carbonyl (C=O) groups is 2. The van der Waals surface area contributed by atoms with Crippen molar-refractivity contribution in [2.24, 2.45) is 5.92 Å². The van der Waals surface area contributed by atoms with Crippen LogP contribution in [-0.2, 0) is 4.79 Å². The number of likely N-dealkylation sites (tertiary alicyclic amines) is 1. The van der Waals surface area contributed by atoms with Crippen molar-refractivity contribution in [3.05, 3.63) is 65.2 Å². The van der Waals surface area contributed by atoms with Crippen LogP contribution < -0.4 is 10.1 Å². The average molecular weight is 385 g/mol. The molecule has 1 saturated carbocycles. The second-order valence-electron chi connectivity index (χ2n) is 7.14. The highest BCUT2D eigenvalue weighted by molar-refractivity contribution is 6.30. The summed E-state index contributed by atoms with van der Waals surface area (Å²) in [6.07, 6.45) is 1.85. The van der Waals surface area contributed by atoms with E-state index < -0.39 is 0 Å². The molecule has 6 heteroatoms. The minimum absolute atomic E-state index is 0.00780. The average Bonchev–Trinajstić information content (AvgIpc) is 3.27. The van der Waals surface area contributed by atoms with E-state index in [0.717, 1.165) is 19.4 Å². The number of piperidine rings is 1. The van der Waals surface area contributed by atoms with Crippen molar-refractivity contribution in [2.75, 3.05) is 13.2 Å². The first-order valence-corrected chi connectivity index (χ1v) is 9.51. The van der Waals surface area contributed by atoms with Gasteiger partial charge in [-0.3, -0.25) is 9.59 Å². The van der Waals surface area contributed by atoms with E-state index in [2.05, 4.69) is 5.32 Å². The van der Waals surface area contributed by atoms with E-state index in [4.69, 9.17) is 16.3 Å². The lowest BCUT2D eigenvalue weighted by Crippen LogP contribution is -2.52. The quantitative estimate of drug-likeness (QED) is 0.861. The normalized spacial score (nSPS) is 23.3. The number of benzene rings is 2. The second kappa shape index (κ2) is 7.61. The fraction of sp³-hybridized carbons (Fsp3) is 0.333. The van der Waals surface area contributed by atoms with Crippen molar-refractivity contribution in [1.82, 2.24) is 10.2 Å². The zero-order valence-electron chi connectivity index (χ0n) is 14.8. The Morgan fingerprint density at radius 3 is 2.67 bits per heavy atom. The maximum Gasteiger partial charge on any atom is 0.260 e. The third kappa shape index (κ3) is 3.93. The first kappa shape index (κ1) is 17.9. The van der Waals surface area contributed by atoms with Crippen LogP contribution in [0.2, 0.25) is 5.02 Å². The lowest BCUT2D eigenvalue weighted by Gasteiger charge is -2.33. The van der Waals surface area contributed by atoms with Gasteiger partial charge in [-0.25, -0.2) is 0 Å². The molecule has 1 aliphatic carbocycles. The van der Waals surface area contributed by atoms with Crippen molar-refractivity contribution >= 4 is 23.4 Å². The number of ether oxygens (including phenoxy) is 1. The van der Waals surface area contributed by atoms with Crippen LogP contribution in [0.5, 0.6) is 5.75 Å². The summed E-state index contributed by atoms with van der Waals surface area (Å²) in [5, 5.41) is 3.67. The van der Waals surface area contributed by atoms with Crippen LogP contribution in [0.4, 0.5) is 0 Å². The summed E-state index contributed by atoms with van der Waals surface area (Å²) < 4.78 is 5.59. The molecule has 0 spiro atoms. The van der Waals surface area contributed by atoms with Crippen molar-refractivity contribution in [3.8, 4) is 5.75 Å². The van der Waals surface area contributed by atoms with E-state index in [-0.39, 0.29) is 30.5 Å². The molecule has 1 saturated heterocycles. The Morgan fingerprint density at radius 1 is 1.11 bits per heavy atom. The molecule has 140 valence electrons. The summed E-state index contributed by atoms with van der Waals surface area (Å²) in [6.45, 7) is 0.711. The topological polar surface area (TPSA) is 58.6 Å². The van der Waals surface area contributed by atoms with Gasteiger partial charge in [0.1, 0.15) is 5.75 Å². The van der Waals surface area contributed by atoms with E-state index in [1.807, 2.05) is 23.1 Å². The van der Waals surface area contributed by atoms with E-state index in [0.29, 0.717) is 22.3 Å². The molecule has 2 fully saturated rings. The minimum Gasteiger partial charge on any atom is -0.484 e. The summed E-state index contributed by atoms with van der Waals surface area (Å²) in [4.78, 5) is 27.0. The summed E-state index contributed by atoms with van der Waals surface area (Å²) >= 11 is 5.94. The molecule has 2 bridgehead atoms. The van der Waals surface area contributed by atoms with Gasteiger partial charge in [0.05, 0.1) is 6.04 Å². The van der Waals surface area contributed by atoms with Crippen LogP contribution in [0.15, 0.2) is 54.6 Å². The van der Waals surface area contributed by atoms with Gasteiger partial charge in [0, 0.05) is 23.2 Å².